The first-order valence-electron chi connectivity index (χ1n) is 8.12. The average molecular weight is 448 g/mol. The molecule has 2 aliphatic rings. The first-order valence-corrected chi connectivity index (χ1v) is 8.12. The van der Waals surface area contributed by atoms with E-state index in [1.165, 1.54) is 17.7 Å². The third kappa shape index (κ3) is 7.03. The molecule has 0 saturated carbocycles. The molecule has 2 heterocycles. The minimum atomic E-state index is -4.09. The van der Waals surface area contributed by atoms with Gasteiger partial charge in [0, 0.05) is 33.2 Å². The molecule has 0 spiro atoms. The van der Waals surface area contributed by atoms with E-state index < -0.39 is 12.7 Å². The minimum absolute atomic E-state index is 0. The second-order valence-corrected chi connectivity index (χ2v) is 6.60. The summed E-state index contributed by atoms with van der Waals surface area (Å²) >= 11 is 0. The summed E-state index contributed by atoms with van der Waals surface area (Å²) in [5.74, 6) is 1.92. The maximum absolute atomic E-state index is 12.4. The van der Waals surface area contributed by atoms with Crippen LogP contribution in [0.5, 0.6) is 0 Å². The number of likely N-dealkylation sites (tertiary alicyclic amines) is 2. The van der Waals surface area contributed by atoms with E-state index in [1.807, 2.05) is 0 Å². The normalized spacial score (nSPS) is 24.7. The van der Waals surface area contributed by atoms with Crippen LogP contribution in [0.1, 0.15) is 26.2 Å². The van der Waals surface area contributed by atoms with Crippen LogP contribution in [0.15, 0.2) is 4.99 Å². The van der Waals surface area contributed by atoms with E-state index >= 15 is 0 Å². The third-order valence-corrected chi connectivity index (χ3v) is 4.62. The largest absolute Gasteiger partial charge is 0.401 e. The van der Waals surface area contributed by atoms with Gasteiger partial charge < -0.3 is 10.2 Å². The zero-order chi connectivity index (χ0) is 16.2. The van der Waals surface area contributed by atoms with Crippen LogP contribution in [0.3, 0.4) is 0 Å². The molecule has 136 valence electrons. The molecule has 0 aromatic carbocycles. The number of hydrogen-bond acceptors (Lipinski definition) is 2. The lowest BCUT2D eigenvalue weighted by atomic mass is 9.99. The Morgan fingerprint density at radius 2 is 1.83 bits per heavy atom. The fourth-order valence-corrected chi connectivity index (χ4v) is 3.26. The number of rotatable bonds is 3. The van der Waals surface area contributed by atoms with Gasteiger partial charge in [0.05, 0.1) is 6.54 Å². The summed E-state index contributed by atoms with van der Waals surface area (Å²) < 4.78 is 37.2. The van der Waals surface area contributed by atoms with Gasteiger partial charge in [-0.15, -0.1) is 24.0 Å². The van der Waals surface area contributed by atoms with Crippen molar-refractivity contribution in [2.24, 2.45) is 16.8 Å². The minimum Gasteiger partial charge on any atom is -0.356 e. The quantitative estimate of drug-likeness (QED) is 0.410. The zero-order valence-corrected chi connectivity index (χ0v) is 16.2. The summed E-state index contributed by atoms with van der Waals surface area (Å²) in [6.45, 7) is 5.24. The van der Waals surface area contributed by atoms with Crippen LogP contribution < -0.4 is 5.32 Å². The first kappa shape index (κ1) is 20.8. The molecule has 1 N–H and O–H groups in total. The van der Waals surface area contributed by atoms with Crippen molar-refractivity contribution in [2.75, 3.05) is 46.3 Å². The molecule has 0 bridgehead atoms. The third-order valence-electron chi connectivity index (χ3n) is 4.62. The maximum Gasteiger partial charge on any atom is 0.401 e. The summed E-state index contributed by atoms with van der Waals surface area (Å²) in [7, 11) is 1.77. The number of aliphatic imine (C=N–C) groups is 1. The van der Waals surface area contributed by atoms with Crippen LogP contribution >= 0.6 is 24.0 Å². The molecule has 0 amide bonds. The second kappa shape index (κ2) is 9.29. The molecule has 4 nitrogen and oxygen atoms in total. The Hall–Kier alpha value is -0.250. The van der Waals surface area contributed by atoms with E-state index in [-0.39, 0.29) is 29.9 Å². The van der Waals surface area contributed by atoms with Crippen LogP contribution in [-0.2, 0) is 0 Å². The van der Waals surface area contributed by atoms with Gasteiger partial charge in [-0.3, -0.25) is 9.89 Å². The van der Waals surface area contributed by atoms with Gasteiger partial charge in [-0.1, -0.05) is 6.92 Å². The van der Waals surface area contributed by atoms with Crippen LogP contribution in [0.4, 0.5) is 13.2 Å². The highest BCUT2D eigenvalue weighted by atomic mass is 127. The van der Waals surface area contributed by atoms with Gasteiger partial charge >= 0.3 is 6.18 Å². The first-order chi connectivity index (χ1) is 10.4. The van der Waals surface area contributed by atoms with Gasteiger partial charge in [0.15, 0.2) is 5.96 Å². The molecular weight excluding hydrogens is 420 g/mol. The van der Waals surface area contributed by atoms with E-state index in [2.05, 4.69) is 22.1 Å². The molecular formula is C15H28F3IN4. The number of guanidine groups is 1. The van der Waals surface area contributed by atoms with Gasteiger partial charge in [0.25, 0.3) is 0 Å². The summed E-state index contributed by atoms with van der Waals surface area (Å²) in [6.07, 6.45) is -0.938. The van der Waals surface area contributed by atoms with Gasteiger partial charge in [-0.2, -0.15) is 13.2 Å². The topological polar surface area (TPSA) is 30.9 Å². The number of nitrogens with one attached hydrogen (secondary N) is 1. The van der Waals surface area contributed by atoms with Crippen molar-refractivity contribution in [1.29, 1.82) is 0 Å². The van der Waals surface area contributed by atoms with Crippen molar-refractivity contribution < 1.29 is 13.2 Å². The van der Waals surface area contributed by atoms with Gasteiger partial charge in [-0.05, 0) is 37.6 Å². The molecule has 2 rings (SSSR count). The van der Waals surface area contributed by atoms with Crippen molar-refractivity contribution in [3.05, 3.63) is 0 Å². The van der Waals surface area contributed by atoms with Crippen molar-refractivity contribution >= 4 is 29.9 Å². The zero-order valence-electron chi connectivity index (χ0n) is 13.9. The fourth-order valence-electron chi connectivity index (χ4n) is 3.26. The molecule has 8 heteroatoms. The fraction of sp³-hybridized carbons (Fsp3) is 0.933. The lowest BCUT2D eigenvalue weighted by molar-refractivity contribution is -0.143. The van der Waals surface area contributed by atoms with E-state index in [4.69, 9.17) is 0 Å². The van der Waals surface area contributed by atoms with Gasteiger partial charge in [0.2, 0.25) is 0 Å². The molecule has 0 aromatic rings. The molecule has 2 fully saturated rings. The van der Waals surface area contributed by atoms with Crippen LogP contribution in [0.2, 0.25) is 0 Å². The Morgan fingerprint density at radius 3 is 2.39 bits per heavy atom. The Balaban J connectivity index is 0.00000264. The number of halogens is 4. The highest BCUT2D eigenvalue weighted by molar-refractivity contribution is 14.0. The predicted molar refractivity (Wildman–Crippen MR) is 97.3 cm³/mol. The predicted octanol–water partition coefficient (Wildman–Crippen LogP) is 2.80. The Bertz CT molecular complexity index is 381. The lowest BCUT2D eigenvalue weighted by Crippen LogP contribution is -2.46. The van der Waals surface area contributed by atoms with Gasteiger partial charge in [-0.25, -0.2) is 0 Å². The van der Waals surface area contributed by atoms with E-state index in [0.29, 0.717) is 19.6 Å². The van der Waals surface area contributed by atoms with Crippen LogP contribution in [0.25, 0.3) is 0 Å². The smallest absolute Gasteiger partial charge is 0.356 e. The Labute approximate surface area is 153 Å². The second-order valence-electron chi connectivity index (χ2n) is 6.60. The molecule has 1 atom stereocenters. The monoisotopic (exact) mass is 448 g/mol. The average Bonchev–Trinajstić information content (AvgIpc) is 2.86. The van der Waals surface area contributed by atoms with Crippen molar-refractivity contribution in [3.63, 3.8) is 0 Å². The van der Waals surface area contributed by atoms with Crippen molar-refractivity contribution in [1.82, 2.24) is 15.1 Å². The lowest BCUT2D eigenvalue weighted by Gasteiger charge is -2.33. The molecule has 0 aromatic heterocycles. The van der Waals surface area contributed by atoms with Crippen LogP contribution in [-0.4, -0.2) is 68.3 Å². The SMILES string of the molecule is CN=C(NCC1CCN(CC(F)(F)F)C1)N1CCC(C)CC1.I. The van der Waals surface area contributed by atoms with Crippen LogP contribution in [0, 0.1) is 11.8 Å². The van der Waals surface area contributed by atoms with E-state index in [0.717, 1.165) is 31.4 Å². The summed E-state index contributed by atoms with van der Waals surface area (Å²) in [6, 6.07) is 0. The summed E-state index contributed by atoms with van der Waals surface area (Å²) in [4.78, 5) is 8.06. The summed E-state index contributed by atoms with van der Waals surface area (Å²) in [5, 5.41) is 3.35. The standard InChI is InChI=1S/C15H27F3N4.HI/c1-12-3-7-22(8-4-12)14(19-2)20-9-13-5-6-21(10-13)11-15(16,17)18;/h12-13H,3-11H2,1-2H3,(H,19,20);1H. The number of piperidine rings is 1. The van der Waals surface area contributed by atoms with E-state index in [1.54, 1.807) is 7.05 Å². The molecule has 0 radical (unpaired) electrons. The maximum atomic E-state index is 12.4. The van der Waals surface area contributed by atoms with Crippen molar-refractivity contribution in [2.45, 2.75) is 32.4 Å². The molecule has 2 saturated heterocycles. The molecule has 0 aliphatic carbocycles. The highest BCUT2D eigenvalue weighted by Gasteiger charge is 2.34. The number of nitrogens with zero attached hydrogens (tertiary/aromatic N) is 3. The number of hydrogen-bond donors (Lipinski definition) is 1. The highest BCUT2D eigenvalue weighted by Crippen LogP contribution is 2.22. The Kier molecular flexibility index (Phi) is 8.40. The molecule has 2 aliphatic heterocycles. The molecule has 23 heavy (non-hydrogen) atoms. The summed E-state index contributed by atoms with van der Waals surface area (Å²) in [5.41, 5.74) is 0. The number of alkyl halides is 3. The molecule has 1 unspecified atom stereocenters. The van der Waals surface area contributed by atoms with E-state index in [9.17, 15) is 13.2 Å². The van der Waals surface area contributed by atoms with Gasteiger partial charge in [0.1, 0.15) is 0 Å². The Morgan fingerprint density at radius 1 is 1.17 bits per heavy atom. The van der Waals surface area contributed by atoms with Crippen molar-refractivity contribution in [3.8, 4) is 0 Å².